The Balaban J connectivity index is 2.03. The molecule has 1 aromatic rings. The highest BCUT2D eigenvalue weighted by Crippen LogP contribution is 2.47. The molecule has 6 nitrogen and oxygen atoms in total. The first-order valence-corrected chi connectivity index (χ1v) is 8.96. The average molecular weight is 375 g/mol. The Bertz CT molecular complexity index is 845. The van der Waals surface area contributed by atoms with Gasteiger partial charge in [-0.25, -0.2) is 9.38 Å². The number of aliphatic imine (C=N–C) groups is 1. The molecule has 7 heteroatoms. The van der Waals surface area contributed by atoms with E-state index in [4.69, 9.17) is 10.5 Å². The second-order valence-electron chi connectivity index (χ2n) is 8.50. The van der Waals surface area contributed by atoms with Gasteiger partial charge in [0, 0.05) is 19.0 Å². The van der Waals surface area contributed by atoms with Crippen molar-refractivity contribution in [1.82, 2.24) is 4.90 Å². The zero-order chi connectivity index (χ0) is 20.2. The standard InChI is InChI=1S/C20H26FN3O3/c1-18(2)16(26)24(5)17(22)23-20(18,4)13-8-12(6-7-14(13)21)9-15(25)19(3)10-27-11-19/h6-8H,9-11H2,1-5H3,(H2,22,23)/t20-/m1/s1. The van der Waals surface area contributed by atoms with Crippen molar-refractivity contribution in [3.63, 3.8) is 0 Å². The van der Waals surface area contributed by atoms with E-state index in [-0.39, 0.29) is 29.6 Å². The minimum atomic E-state index is -1.19. The van der Waals surface area contributed by atoms with Gasteiger partial charge in [-0.05, 0) is 45.4 Å². The molecule has 0 unspecified atom stereocenters. The Kier molecular flexibility index (Phi) is 4.42. The molecule has 2 aliphatic rings. The molecule has 146 valence electrons. The van der Waals surface area contributed by atoms with Crippen molar-refractivity contribution < 1.29 is 18.7 Å². The lowest BCUT2D eigenvalue weighted by atomic mass is 9.67. The summed E-state index contributed by atoms with van der Waals surface area (Å²) in [5.74, 6) is -0.619. The fraction of sp³-hybridized carbons (Fsp3) is 0.550. The molecule has 1 amide bonds. The second-order valence-corrected chi connectivity index (χ2v) is 8.50. The van der Waals surface area contributed by atoms with Gasteiger partial charge in [0.1, 0.15) is 17.1 Å². The zero-order valence-corrected chi connectivity index (χ0v) is 16.4. The molecule has 0 aromatic heterocycles. The topological polar surface area (TPSA) is 85.0 Å². The molecule has 0 aliphatic carbocycles. The van der Waals surface area contributed by atoms with Gasteiger partial charge in [-0.2, -0.15) is 0 Å². The van der Waals surface area contributed by atoms with Gasteiger partial charge in [0.2, 0.25) is 5.91 Å². The zero-order valence-electron chi connectivity index (χ0n) is 16.4. The summed E-state index contributed by atoms with van der Waals surface area (Å²) in [7, 11) is 1.55. The number of ketones is 1. The number of Topliss-reactive ketones (excluding diaryl/α,β-unsaturated/α-hetero) is 1. The lowest BCUT2D eigenvalue weighted by molar-refractivity contribution is -0.154. The van der Waals surface area contributed by atoms with E-state index in [2.05, 4.69) is 4.99 Å². The van der Waals surface area contributed by atoms with E-state index in [1.165, 1.54) is 11.0 Å². The summed E-state index contributed by atoms with van der Waals surface area (Å²) in [6.45, 7) is 7.85. The van der Waals surface area contributed by atoms with E-state index in [1.807, 2.05) is 6.92 Å². The summed E-state index contributed by atoms with van der Waals surface area (Å²) < 4.78 is 20.0. The van der Waals surface area contributed by atoms with Crippen LogP contribution in [0.5, 0.6) is 0 Å². The van der Waals surface area contributed by atoms with Gasteiger partial charge < -0.3 is 10.5 Å². The maximum atomic E-state index is 14.8. The van der Waals surface area contributed by atoms with Crippen molar-refractivity contribution in [2.75, 3.05) is 20.3 Å². The number of halogens is 1. The van der Waals surface area contributed by atoms with Crippen LogP contribution in [0, 0.1) is 16.6 Å². The van der Waals surface area contributed by atoms with E-state index in [0.29, 0.717) is 18.8 Å². The Morgan fingerprint density at radius 1 is 1.30 bits per heavy atom. The number of rotatable bonds is 4. The minimum Gasteiger partial charge on any atom is -0.379 e. The number of amides is 1. The van der Waals surface area contributed by atoms with Crippen LogP contribution < -0.4 is 5.73 Å². The van der Waals surface area contributed by atoms with E-state index in [0.717, 1.165) is 0 Å². The first kappa shape index (κ1) is 19.5. The lowest BCUT2D eigenvalue weighted by Gasteiger charge is -2.46. The first-order chi connectivity index (χ1) is 12.4. The van der Waals surface area contributed by atoms with Gasteiger partial charge >= 0.3 is 0 Å². The van der Waals surface area contributed by atoms with Gasteiger partial charge in [-0.3, -0.25) is 14.5 Å². The van der Waals surface area contributed by atoms with Crippen molar-refractivity contribution in [3.05, 3.63) is 35.1 Å². The first-order valence-electron chi connectivity index (χ1n) is 8.96. The molecule has 1 atom stereocenters. The molecule has 2 heterocycles. The number of hydrogen-bond donors (Lipinski definition) is 1. The monoisotopic (exact) mass is 375 g/mol. The van der Waals surface area contributed by atoms with Gasteiger partial charge in [-0.15, -0.1) is 0 Å². The maximum absolute atomic E-state index is 14.8. The smallest absolute Gasteiger partial charge is 0.237 e. The van der Waals surface area contributed by atoms with Crippen LogP contribution in [-0.2, 0) is 26.3 Å². The Morgan fingerprint density at radius 3 is 2.48 bits per heavy atom. The van der Waals surface area contributed by atoms with Crippen LogP contribution in [0.25, 0.3) is 0 Å². The molecule has 1 aromatic carbocycles. The molecule has 27 heavy (non-hydrogen) atoms. The predicted molar refractivity (Wildman–Crippen MR) is 99.6 cm³/mol. The highest BCUT2D eigenvalue weighted by molar-refractivity contribution is 6.01. The number of carbonyl (C=O) groups excluding carboxylic acids is 2. The predicted octanol–water partition coefficient (Wildman–Crippen LogP) is 2.00. The number of nitrogens with two attached hydrogens (primary N) is 1. The molecular weight excluding hydrogens is 349 g/mol. The molecule has 1 saturated heterocycles. The number of guanidine groups is 1. The van der Waals surface area contributed by atoms with E-state index < -0.39 is 22.2 Å². The van der Waals surface area contributed by atoms with Crippen LogP contribution >= 0.6 is 0 Å². The van der Waals surface area contributed by atoms with Crippen molar-refractivity contribution in [3.8, 4) is 0 Å². The van der Waals surface area contributed by atoms with E-state index >= 15 is 0 Å². The van der Waals surface area contributed by atoms with E-state index in [1.54, 1.807) is 40.0 Å². The van der Waals surface area contributed by atoms with Crippen LogP contribution in [0.3, 0.4) is 0 Å². The summed E-state index contributed by atoms with van der Waals surface area (Å²) >= 11 is 0. The summed E-state index contributed by atoms with van der Waals surface area (Å²) in [4.78, 5) is 31.1. The van der Waals surface area contributed by atoms with Crippen LogP contribution in [0.2, 0.25) is 0 Å². The maximum Gasteiger partial charge on any atom is 0.237 e. The summed E-state index contributed by atoms with van der Waals surface area (Å²) in [6.07, 6.45) is 0.177. The largest absolute Gasteiger partial charge is 0.379 e. The lowest BCUT2D eigenvalue weighted by Crippen LogP contribution is -2.58. The van der Waals surface area contributed by atoms with Gasteiger partial charge in [0.15, 0.2) is 5.96 Å². The Morgan fingerprint density at radius 2 is 1.93 bits per heavy atom. The fourth-order valence-corrected chi connectivity index (χ4v) is 3.60. The number of ether oxygens (including phenoxy) is 1. The molecule has 0 bridgehead atoms. The van der Waals surface area contributed by atoms with Crippen LogP contribution in [0.15, 0.2) is 23.2 Å². The molecule has 3 rings (SSSR count). The number of hydrogen-bond acceptors (Lipinski definition) is 5. The Hall–Kier alpha value is -2.28. The van der Waals surface area contributed by atoms with Crippen molar-refractivity contribution in [1.29, 1.82) is 0 Å². The molecule has 2 N–H and O–H groups in total. The number of carbonyl (C=O) groups is 2. The summed E-state index contributed by atoms with van der Waals surface area (Å²) in [5.41, 5.74) is 4.18. The number of benzene rings is 1. The molecule has 1 fully saturated rings. The van der Waals surface area contributed by atoms with Gasteiger partial charge in [0.25, 0.3) is 0 Å². The summed E-state index contributed by atoms with van der Waals surface area (Å²) in [5, 5.41) is 0. The van der Waals surface area contributed by atoms with Gasteiger partial charge in [-0.1, -0.05) is 6.07 Å². The third-order valence-corrected chi connectivity index (χ3v) is 6.17. The normalized spacial score (nSPS) is 26.4. The highest BCUT2D eigenvalue weighted by Gasteiger charge is 2.53. The van der Waals surface area contributed by atoms with Crippen LogP contribution in [0.4, 0.5) is 4.39 Å². The molecule has 2 aliphatic heterocycles. The second kappa shape index (κ2) is 6.12. The van der Waals surface area contributed by atoms with Crippen LogP contribution in [0.1, 0.15) is 38.8 Å². The molecule has 0 saturated carbocycles. The SMILES string of the molecule is CN1C(=O)C(C)(C)[C@@](C)(c2cc(CC(=O)C3(C)COC3)ccc2F)N=C1N. The molecule has 0 radical (unpaired) electrons. The fourth-order valence-electron chi connectivity index (χ4n) is 3.60. The third-order valence-electron chi connectivity index (χ3n) is 6.17. The highest BCUT2D eigenvalue weighted by atomic mass is 19.1. The van der Waals surface area contributed by atoms with Crippen LogP contribution in [-0.4, -0.2) is 42.8 Å². The van der Waals surface area contributed by atoms with Crippen molar-refractivity contribution >= 4 is 17.6 Å². The third kappa shape index (κ3) is 2.84. The Labute approximate surface area is 158 Å². The summed E-state index contributed by atoms with van der Waals surface area (Å²) in [6, 6.07) is 4.56. The molecule has 0 spiro atoms. The average Bonchev–Trinajstić information content (AvgIpc) is 2.58. The van der Waals surface area contributed by atoms with Crippen molar-refractivity contribution in [2.45, 2.75) is 39.7 Å². The van der Waals surface area contributed by atoms with Crippen molar-refractivity contribution in [2.24, 2.45) is 21.6 Å². The van der Waals surface area contributed by atoms with Gasteiger partial charge in [0.05, 0.1) is 24.0 Å². The quantitative estimate of drug-likeness (QED) is 0.872. The molecular formula is C20H26FN3O3. The minimum absolute atomic E-state index is 0.0434. The number of nitrogens with zero attached hydrogens (tertiary/aromatic N) is 2. The van der Waals surface area contributed by atoms with E-state index in [9.17, 15) is 14.0 Å².